The van der Waals surface area contributed by atoms with Crippen LogP contribution in [0.3, 0.4) is 0 Å². The minimum atomic E-state index is -4.99. The van der Waals surface area contributed by atoms with E-state index >= 15 is 0 Å². The van der Waals surface area contributed by atoms with Crippen molar-refractivity contribution in [3.63, 3.8) is 0 Å². The van der Waals surface area contributed by atoms with E-state index < -0.39 is 49.5 Å². The number of hydrogen-bond acceptors (Lipinski definition) is 9. The van der Waals surface area contributed by atoms with Gasteiger partial charge in [0.25, 0.3) is 10.1 Å². The molecule has 3 rings (SSSR count). The fourth-order valence-electron chi connectivity index (χ4n) is 5.27. The van der Waals surface area contributed by atoms with Crippen LogP contribution >= 0.6 is 0 Å². The van der Waals surface area contributed by atoms with E-state index in [2.05, 4.69) is 15.4 Å². The summed E-state index contributed by atoms with van der Waals surface area (Å²) in [7, 11) is -7.41. The van der Waals surface area contributed by atoms with Gasteiger partial charge >= 0.3 is 0 Å². The normalized spacial score (nSPS) is 20.6. The number of methoxy groups -OCH3 is 1. The molecule has 2 aliphatic rings. The number of carbonyl (C=O) groups excluding carboxylic acids is 2. The molecule has 1 heterocycles. The van der Waals surface area contributed by atoms with E-state index in [0.717, 1.165) is 32.1 Å². The van der Waals surface area contributed by atoms with Crippen LogP contribution in [0.25, 0.3) is 0 Å². The van der Waals surface area contributed by atoms with Crippen LogP contribution in [0.2, 0.25) is 0 Å². The Hall–Kier alpha value is -2.46. The second-order valence-electron chi connectivity index (χ2n) is 10.6. The Morgan fingerprint density at radius 3 is 2.29 bits per heavy atom. The largest absolute Gasteiger partial charge is 0.497 e. The summed E-state index contributed by atoms with van der Waals surface area (Å²) in [4.78, 5) is 25.5. The van der Waals surface area contributed by atoms with Gasteiger partial charge in [-0.15, -0.1) is 0 Å². The lowest BCUT2D eigenvalue weighted by molar-refractivity contribution is -0.126. The Labute approximate surface area is 241 Å². The summed E-state index contributed by atoms with van der Waals surface area (Å²) in [6.45, 7) is 0.469. The molecular formula is C26H41N3O10S2. The van der Waals surface area contributed by atoms with Crippen LogP contribution in [-0.2, 0) is 29.7 Å². The van der Waals surface area contributed by atoms with Crippen LogP contribution in [0, 0.1) is 11.8 Å². The van der Waals surface area contributed by atoms with Gasteiger partial charge in [-0.05, 0) is 55.9 Å². The molecule has 0 spiro atoms. The maximum absolute atomic E-state index is 13.4. The van der Waals surface area contributed by atoms with Crippen molar-refractivity contribution in [2.45, 2.75) is 75.3 Å². The smallest absolute Gasteiger partial charge is 0.294 e. The number of benzene rings is 1. The SMILES string of the molecule is COc1ccc(OCCCS(=O)(=O)N[C@@H](CC2CCCCC2)C(=O)N[C@@H](C[C@@H]2CCNC2=O)C(O)S(=O)(=O)O)cc1. The van der Waals surface area contributed by atoms with Crippen molar-refractivity contribution in [1.29, 1.82) is 0 Å². The number of aliphatic hydroxyl groups is 1. The quantitative estimate of drug-likeness (QED) is 0.131. The Morgan fingerprint density at radius 1 is 1.05 bits per heavy atom. The molecule has 0 aromatic heterocycles. The second kappa shape index (κ2) is 15.1. The minimum Gasteiger partial charge on any atom is -0.497 e. The molecule has 1 unspecified atom stereocenters. The highest BCUT2D eigenvalue weighted by Gasteiger charge is 2.38. The summed E-state index contributed by atoms with van der Waals surface area (Å²) in [5.74, 6) is -0.920. The van der Waals surface area contributed by atoms with Gasteiger partial charge in [-0.25, -0.2) is 13.1 Å². The average Bonchev–Trinajstić information content (AvgIpc) is 3.34. The van der Waals surface area contributed by atoms with Gasteiger partial charge in [0.05, 0.1) is 25.5 Å². The Morgan fingerprint density at radius 2 is 1.71 bits per heavy atom. The standard InChI is InChI=1S/C26H41N3O10S2/c1-38-20-8-10-21(11-9-20)39-14-5-15-40(33,34)29-22(16-18-6-3-2-4-7-18)25(31)28-23(26(32)41(35,36)37)17-19-12-13-27-24(19)30/h8-11,18-19,22-23,26,29,32H,2-7,12-17H2,1H3,(H,27,30)(H,28,31)(H,35,36,37)/t19-,22-,23-,26?/m0/s1. The van der Waals surface area contributed by atoms with Crippen LogP contribution in [0.4, 0.5) is 0 Å². The van der Waals surface area contributed by atoms with Crippen LogP contribution in [0.1, 0.15) is 57.8 Å². The molecular weight excluding hydrogens is 578 g/mol. The molecule has 1 aromatic carbocycles. The van der Waals surface area contributed by atoms with Gasteiger partial charge in [0.15, 0.2) is 0 Å². The molecule has 1 aliphatic heterocycles. The summed E-state index contributed by atoms with van der Waals surface area (Å²) >= 11 is 0. The van der Waals surface area contributed by atoms with E-state index in [1.54, 1.807) is 31.4 Å². The number of aliphatic hydroxyl groups excluding tert-OH is 1. The minimum absolute atomic E-state index is 0.0752. The molecule has 2 fully saturated rings. The van der Waals surface area contributed by atoms with Gasteiger partial charge in [-0.3, -0.25) is 14.1 Å². The lowest BCUT2D eigenvalue weighted by Gasteiger charge is -2.29. The van der Waals surface area contributed by atoms with Crippen LogP contribution in [-0.4, -0.2) is 81.8 Å². The molecule has 15 heteroatoms. The fraction of sp³-hybridized carbons (Fsp3) is 0.692. The van der Waals surface area contributed by atoms with Crippen LogP contribution < -0.4 is 24.8 Å². The van der Waals surface area contributed by atoms with Gasteiger partial charge in [-0.1, -0.05) is 32.1 Å². The molecule has 41 heavy (non-hydrogen) atoms. The number of hydrogen-bond donors (Lipinski definition) is 5. The predicted molar refractivity (Wildman–Crippen MR) is 150 cm³/mol. The van der Waals surface area contributed by atoms with E-state index in [9.17, 15) is 36.1 Å². The molecule has 1 saturated heterocycles. The summed E-state index contributed by atoms with van der Waals surface area (Å²) < 4.78 is 72.0. The zero-order chi connectivity index (χ0) is 30.0. The third-order valence-electron chi connectivity index (χ3n) is 7.50. The van der Waals surface area contributed by atoms with Gasteiger partial charge in [-0.2, -0.15) is 8.42 Å². The first-order chi connectivity index (χ1) is 19.4. The van der Waals surface area contributed by atoms with E-state index in [1.807, 2.05) is 0 Å². The molecule has 232 valence electrons. The Kier molecular flexibility index (Phi) is 12.2. The first-order valence-corrected chi connectivity index (χ1v) is 17.0. The third kappa shape index (κ3) is 10.7. The zero-order valence-corrected chi connectivity index (χ0v) is 24.8. The predicted octanol–water partition coefficient (Wildman–Crippen LogP) is 0.940. The number of ether oxygens (including phenoxy) is 2. The van der Waals surface area contributed by atoms with Crippen molar-refractivity contribution in [1.82, 2.24) is 15.4 Å². The highest BCUT2D eigenvalue weighted by molar-refractivity contribution is 7.89. The topological polar surface area (TPSA) is 197 Å². The number of rotatable bonds is 16. The van der Waals surface area contributed by atoms with Crippen molar-refractivity contribution < 1.29 is 45.6 Å². The van der Waals surface area contributed by atoms with Crippen molar-refractivity contribution in [3.8, 4) is 11.5 Å². The van der Waals surface area contributed by atoms with Gasteiger partial charge in [0.2, 0.25) is 27.3 Å². The molecule has 5 N–H and O–H groups in total. The fourth-order valence-corrected chi connectivity index (χ4v) is 7.11. The van der Waals surface area contributed by atoms with E-state index in [1.165, 1.54) is 0 Å². The molecule has 1 aliphatic carbocycles. The first-order valence-electron chi connectivity index (χ1n) is 13.9. The highest BCUT2D eigenvalue weighted by Crippen LogP contribution is 2.28. The lowest BCUT2D eigenvalue weighted by Crippen LogP contribution is -2.55. The highest BCUT2D eigenvalue weighted by atomic mass is 32.2. The molecule has 1 saturated carbocycles. The molecule has 13 nitrogen and oxygen atoms in total. The molecule has 0 radical (unpaired) electrons. The number of sulfonamides is 1. The first kappa shape index (κ1) is 33.0. The van der Waals surface area contributed by atoms with Crippen molar-refractivity contribution >= 4 is 32.0 Å². The van der Waals surface area contributed by atoms with Gasteiger partial charge in [0, 0.05) is 12.5 Å². The summed E-state index contributed by atoms with van der Waals surface area (Å²) in [5, 5.41) is 15.3. The molecule has 1 aromatic rings. The molecule has 4 atom stereocenters. The zero-order valence-electron chi connectivity index (χ0n) is 23.2. The lowest BCUT2D eigenvalue weighted by atomic mass is 9.85. The average molecular weight is 620 g/mol. The van der Waals surface area contributed by atoms with E-state index in [0.29, 0.717) is 24.5 Å². The van der Waals surface area contributed by atoms with Crippen LogP contribution in [0.15, 0.2) is 24.3 Å². The van der Waals surface area contributed by atoms with Crippen molar-refractivity contribution in [2.75, 3.05) is 26.0 Å². The van der Waals surface area contributed by atoms with E-state index in [-0.39, 0.29) is 43.4 Å². The summed E-state index contributed by atoms with van der Waals surface area (Å²) in [6, 6.07) is 4.06. The van der Waals surface area contributed by atoms with E-state index in [4.69, 9.17) is 9.47 Å². The molecule has 2 amide bonds. The van der Waals surface area contributed by atoms with Crippen molar-refractivity contribution in [2.24, 2.45) is 11.8 Å². The summed E-state index contributed by atoms with van der Waals surface area (Å²) in [5.41, 5.74) is -2.39. The maximum atomic E-state index is 13.4. The van der Waals surface area contributed by atoms with Gasteiger partial charge in [0.1, 0.15) is 17.5 Å². The van der Waals surface area contributed by atoms with Gasteiger partial charge < -0.3 is 25.2 Å². The number of nitrogens with one attached hydrogen (secondary N) is 3. The Balaban J connectivity index is 1.66. The maximum Gasteiger partial charge on any atom is 0.294 e. The third-order valence-corrected chi connectivity index (χ3v) is 9.90. The summed E-state index contributed by atoms with van der Waals surface area (Å²) in [6.07, 6.45) is 5.04. The Bertz CT molecular complexity index is 1220. The monoisotopic (exact) mass is 619 g/mol. The molecule has 0 bridgehead atoms. The van der Waals surface area contributed by atoms with Crippen LogP contribution in [0.5, 0.6) is 11.5 Å². The number of amides is 2. The van der Waals surface area contributed by atoms with Crippen molar-refractivity contribution in [3.05, 3.63) is 24.3 Å². The second-order valence-corrected chi connectivity index (χ2v) is 14.0. The number of carbonyl (C=O) groups is 2.